The van der Waals surface area contributed by atoms with Crippen molar-refractivity contribution in [2.45, 2.75) is 25.3 Å². The zero-order chi connectivity index (χ0) is 11.5. The number of anilines is 1. The van der Waals surface area contributed by atoms with Crippen LogP contribution in [0.1, 0.15) is 19.3 Å². The second kappa shape index (κ2) is 6.56. The smallest absolute Gasteiger partial charge is 0.229 e. The first-order valence-electron chi connectivity index (χ1n) is 5.49. The maximum absolute atomic E-state index is 11.9. The van der Waals surface area contributed by atoms with E-state index in [-0.39, 0.29) is 30.3 Å². The number of carbonyl (C=O) groups excluding carboxylic acids is 1. The third kappa shape index (κ3) is 3.82. The third-order valence-corrected chi connectivity index (χ3v) is 3.74. The Kier molecular flexibility index (Phi) is 5.69. The third-order valence-electron chi connectivity index (χ3n) is 3.02. The van der Waals surface area contributed by atoms with Crippen LogP contribution in [0.25, 0.3) is 0 Å². The lowest BCUT2D eigenvalue weighted by Gasteiger charge is -2.15. The molecule has 94 valence electrons. The molecule has 0 heterocycles. The van der Waals surface area contributed by atoms with Gasteiger partial charge in [0.25, 0.3) is 0 Å². The SMILES string of the molecule is Cl.NC1CCCC1C(=O)Nc1ccc(I)cc1. The van der Waals surface area contributed by atoms with Crippen molar-refractivity contribution < 1.29 is 4.79 Å². The second-order valence-electron chi connectivity index (χ2n) is 4.20. The van der Waals surface area contributed by atoms with Gasteiger partial charge in [0.1, 0.15) is 0 Å². The van der Waals surface area contributed by atoms with Gasteiger partial charge in [-0.3, -0.25) is 4.79 Å². The van der Waals surface area contributed by atoms with Crippen LogP contribution in [0, 0.1) is 9.49 Å². The van der Waals surface area contributed by atoms with Crippen LogP contribution >= 0.6 is 35.0 Å². The summed E-state index contributed by atoms with van der Waals surface area (Å²) < 4.78 is 1.16. The van der Waals surface area contributed by atoms with Gasteiger partial charge < -0.3 is 11.1 Å². The fourth-order valence-electron chi connectivity index (χ4n) is 2.08. The first-order chi connectivity index (χ1) is 7.66. The predicted octanol–water partition coefficient (Wildman–Crippen LogP) is 2.78. The molecule has 0 aromatic heterocycles. The summed E-state index contributed by atoms with van der Waals surface area (Å²) >= 11 is 2.24. The molecule has 2 rings (SSSR count). The number of benzene rings is 1. The lowest BCUT2D eigenvalue weighted by atomic mass is 10.0. The molecule has 5 heteroatoms. The summed E-state index contributed by atoms with van der Waals surface area (Å²) in [7, 11) is 0. The Hall–Kier alpha value is -0.330. The van der Waals surface area contributed by atoms with Crippen LogP contribution in [-0.2, 0) is 4.79 Å². The van der Waals surface area contributed by atoms with E-state index in [4.69, 9.17) is 5.73 Å². The zero-order valence-corrected chi connectivity index (χ0v) is 12.3. The standard InChI is InChI=1S/C12H15IN2O.ClH/c13-8-4-6-9(7-5-8)15-12(16)10-2-1-3-11(10)14;/h4-7,10-11H,1-3,14H2,(H,15,16);1H. The number of rotatable bonds is 2. The fraction of sp³-hybridized carbons (Fsp3) is 0.417. The van der Waals surface area contributed by atoms with E-state index < -0.39 is 0 Å². The van der Waals surface area contributed by atoms with Gasteiger partial charge in [-0.15, -0.1) is 12.4 Å². The summed E-state index contributed by atoms with van der Waals surface area (Å²) in [5, 5.41) is 2.92. The molecule has 3 nitrogen and oxygen atoms in total. The van der Waals surface area contributed by atoms with Crippen molar-refractivity contribution in [2.75, 3.05) is 5.32 Å². The van der Waals surface area contributed by atoms with Crippen LogP contribution in [0.3, 0.4) is 0 Å². The van der Waals surface area contributed by atoms with Gasteiger partial charge in [-0.2, -0.15) is 0 Å². The van der Waals surface area contributed by atoms with Crippen molar-refractivity contribution in [2.24, 2.45) is 11.7 Å². The van der Waals surface area contributed by atoms with E-state index >= 15 is 0 Å². The molecule has 1 aromatic carbocycles. The normalized spacial score (nSPS) is 22.9. The van der Waals surface area contributed by atoms with Gasteiger partial charge >= 0.3 is 0 Å². The molecule has 0 saturated heterocycles. The van der Waals surface area contributed by atoms with Crippen molar-refractivity contribution in [3.8, 4) is 0 Å². The van der Waals surface area contributed by atoms with Crippen LogP contribution in [0.4, 0.5) is 5.69 Å². The van der Waals surface area contributed by atoms with Gasteiger partial charge in [0, 0.05) is 15.3 Å². The molecular formula is C12H16ClIN2O. The predicted molar refractivity (Wildman–Crippen MR) is 80.4 cm³/mol. The lowest BCUT2D eigenvalue weighted by molar-refractivity contribution is -0.120. The van der Waals surface area contributed by atoms with E-state index in [2.05, 4.69) is 27.9 Å². The van der Waals surface area contributed by atoms with Gasteiger partial charge in [-0.1, -0.05) is 6.42 Å². The van der Waals surface area contributed by atoms with E-state index in [9.17, 15) is 4.79 Å². The molecule has 3 N–H and O–H groups in total. The molecule has 17 heavy (non-hydrogen) atoms. The maximum Gasteiger partial charge on any atom is 0.229 e. The number of halogens is 2. The van der Waals surface area contributed by atoms with E-state index in [1.807, 2.05) is 24.3 Å². The van der Waals surface area contributed by atoms with Gasteiger partial charge in [0.05, 0.1) is 5.92 Å². The summed E-state index contributed by atoms with van der Waals surface area (Å²) in [5.74, 6) is 0.0467. The summed E-state index contributed by atoms with van der Waals surface area (Å²) in [5.41, 5.74) is 6.75. The Balaban J connectivity index is 0.00000144. The Morgan fingerprint density at radius 3 is 2.47 bits per heavy atom. The Bertz CT molecular complexity index is 383. The number of hydrogen-bond acceptors (Lipinski definition) is 2. The number of amides is 1. The van der Waals surface area contributed by atoms with Gasteiger partial charge in [-0.25, -0.2) is 0 Å². The number of nitrogens with two attached hydrogens (primary N) is 1. The summed E-state index contributed by atoms with van der Waals surface area (Å²) in [6.45, 7) is 0. The quantitative estimate of drug-likeness (QED) is 0.791. The van der Waals surface area contributed by atoms with Crippen LogP contribution < -0.4 is 11.1 Å². The molecule has 0 spiro atoms. The highest BCUT2D eigenvalue weighted by Gasteiger charge is 2.30. The average molecular weight is 367 g/mol. The average Bonchev–Trinajstić information content (AvgIpc) is 2.68. The summed E-state index contributed by atoms with van der Waals surface area (Å²) in [4.78, 5) is 11.9. The molecule has 1 fully saturated rings. The minimum absolute atomic E-state index is 0. The van der Waals surface area contributed by atoms with E-state index in [1.165, 1.54) is 0 Å². The Morgan fingerprint density at radius 2 is 1.94 bits per heavy atom. The number of hydrogen-bond donors (Lipinski definition) is 2. The highest BCUT2D eigenvalue weighted by molar-refractivity contribution is 14.1. The first kappa shape index (κ1) is 14.7. The fourth-order valence-corrected chi connectivity index (χ4v) is 2.44. The molecule has 1 amide bonds. The zero-order valence-electron chi connectivity index (χ0n) is 9.36. The molecule has 1 aliphatic carbocycles. The minimum atomic E-state index is -0.0146. The monoisotopic (exact) mass is 366 g/mol. The van der Waals surface area contributed by atoms with Gasteiger partial charge in [-0.05, 0) is 59.7 Å². The molecule has 1 aliphatic rings. The molecule has 2 atom stereocenters. The number of carbonyl (C=O) groups is 1. The van der Waals surface area contributed by atoms with Crippen molar-refractivity contribution in [3.05, 3.63) is 27.8 Å². The van der Waals surface area contributed by atoms with E-state index in [0.717, 1.165) is 28.5 Å². The largest absolute Gasteiger partial charge is 0.327 e. The second-order valence-corrected chi connectivity index (χ2v) is 5.44. The van der Waals surface area contributed by atoms with Gasteiger partial charge in [0.15, 0.2) is 0 Å². The molecular weight excluding hydrogens is 351 g/mol. The highest BCUT2D eigenvalue weighted by Crippen LogP contribution is 2.25. The van der Waals surface area contributed by atoms with E-state index in [0.29, 0.717) is 0 Å². The molecule has 0 aliphatic heterocycles. The highest BCUT2D eigenvalue weighted by atomic mass is 127. The van der Waals surface area contributed by atoms with Crippen molar-refractivity contribution in [1.82, 2.24) is 0 Å². The van der Waals surface area contributed by atoms with Crippen molar-refractivity contribution in [3.63, 3.8) is 0 Å². The molecule has 0 radical (unpaired) electrons. The lowest BCUT2D eigenvalue weighted by Crippen LogP contribution is -2.34. The minimum Gasteiger partial charge on any atom is -0.327 e. The van der Waals surface area contributed by atoms with Crippen LogP contribution in [0.2, 0.25) is 0 Å². The topological polar surface area (TPSA) is 55.1 Å². The number of nitrogens with one attached hydrogen (secondary N) is 1. The summed E-state index contributed by atoms with van der Waals surface area (Å²) in [6.07, 6.45) is 2.94. The van der Waals surface area contributed by atoms with Crippen molar-refractivity contribution in [1.29, 1.82) is 0 Å². The maximum atomic E-state index is 11.9. The molecule has 1 aromatic rings. The Labute approximate surface area is 121 Å². The van der Waals surface area contributed by atoms with Crippen molar-refractivity contribution >= 4 is 46.6 Å². The van der Waals surface area contributed by atoms with Crippen LogP contribution in [0.15, 0.2) is 24.3 Å². The molecule has 1 saturated carbocycles. The molecule has 2 unspecified atom stereocenters. The Morgan fingerprint density at radius 1 is 1.29 bits per heavy atom. The first-order valence-corrected chi connectivity index (χ1v) is 6.57. The summed E-state index contributed by atoms with van der Waals surface area (Å²) in [6, 6.07) is 7.82. The molecule has 0 bridgehead atoms. The van der Waals surface area contributed by atoms with Gasteiger partial charge in [0.2, 0.25) is 5.91 Å². The van der Waals surface area contributed by atoms with E-state index in [1.54, 1.807) is 0 Å². The van der Waals surface area contributed by atoms with Crippen LogP contribution in [0.5, 0.6) is 0 Å². The van der Waals surface area contributed by atoms with Crippen LogP contribution in [-0.4, -0.2) is 11.9 Å².